The number of nitrogens with one attached hydrogen (secondary N) is 1. The van der Waals surface area contributed by atoms with Crippen molar-refractivity contribution in [1.82, 2.24) is 4.98 Å². The number of hydrogen-bond acceptors (Lipinski definition) is 9. The number of fused-ring (bicyclic) bond motifs is 1. The van der Waals surface area contributed by atoms with E-state index in [1.165, 1.54) is 31.4 Å². The van der Waals surface area contributed by atoms with Gasteiger partial charge in [-0.15, -0.1) is 0 Å². The van der Waals surface area contributed by atoms with Crippen molar-refractivity contribution < 1.29 is 24.1 Å². The van der Waals surface area contributed by atoms with Crippen molar-refractivity contribution >= 4 is 44.0 Å². The van der Waals surface area contributed by atoms with Crippen LogP contribution in [-0.2, 0) is 0 Å². The predicted molar refractivity (Wildman–Crippen MR) is 105 cm³/mol. The lowest BCUT2D eigenvalue weighted by atomic mass is 10.1. The fourth-order valence-corrected chi connectivity index (χ4v) is 3.46. The Kier molecular flexibility index (Phi) is 5.54. The predicted octanol–water partition coefficient (Wildman–Crippen LogP) is 3.77. The van der Waals surface area contributed by atoms with E-state index >= 15 is 0 Å². The lowest BCUT2D eigenvalue weighted by Gasteiger charge is -2.06. The second-order valence-electron chi connectivity index (χ2n) is 5.60. The van der Waals surface area contributed by atoms with Gasteiger partial charge < -0.3 is 9.47 Å². The topological polar surface area (TPSA) is 147 Å². The van der Waals surface area contributed by atoms with Gasteiger partial charge in [-0.2, -0.15) is 0 Å². The van der Waals surface area contributed by atoms with Gasteiger partial charge in [0.25, 0.3) is 11.6 Å². The van der Waals surface area contributed by atoms with E-state index < -0.39 is 15.8 Å². The highest BCUT2D eigenvalue weighted by molar-refractivity contribution is 7.22. The van der Waals surface area contributed by atoms with Crippen LogP contribution in [0.15, 0.2) is 30.3 Å². The number of aromatic nitrogens is 1. The van der Waals surface area contributed by atoms with Crippen molar-refractivity contribution in [3.05, 3.63) is 56.1 Å². The van der Waals surface area contributed by atoms with E-state index in [1.54, 1.807) is 6.92 Å². The standard InChI is InChI=1S/C17H14N4O7S/c1-3-28-12-5-4-9(6-11(12)21(25)26)16(22)19-17-18-15-13(27-2)7-10(20(23)24)8-14(15)29-17/h4-8H,3H2,1-2H3,(H,18,19,22). The third kappa shape index (κ3) is 4.06. The van der Waals surface area contributed by atoms with Crippen LogP contribution in [0.25, 0.3) is 10.2 Å². The van der Waals surface area contributed by atoms with Crippen molar-refractivity contribution in [2.24, 2.45) is 0 Å². The van der Waals surface area contributed by atoms with Crippen LogP contribution in [0.1, 0.15) is 17.3 Å². The van der Waals surface area contributed by atoms with Gasteiger partial charge in [0, 0.05) is 17.7 Å². The minimum Gasteiger partial charge on any atom is -0.494 e. The smallest absolute Gasteiger partial charge is 0.311 e. The summed E-state index contributed by atoms with van der Waals surface area (Å²) >= 11 is 1.02. The number of non-ortho nitro benzene ring substituents is 1. The Labute approximate surface area is 167 Å². The van der Waals surface area contributed by atoms with Crippen LogP contribution in [0.5, 0.6) is 11.5 Å². The number of nitrogens with zero attached hydrogens (tertiary/aromatic N) is 3. The molecule has 1 aromatic heterocycles. The number of ether oxygens (including phenoxy) is 2. The number of thiazole rings is 1. The van der Waals surface area contributed by atoms with Crippen molar-refractivity contribution in [2.45, 2.75) is 6.92 Å². The molecule has 29 heavy (non-hydrogen) atoms. The van der Waals surface area contributed by atoms with Crippen LogP contribution in [0, 0.1) is 20.2 Å². The van der Waals surface area contributed by atoms with E-state index in [9.17, 15) is 25.0 Å². The van der Waals surface area contributed by atoms with Gasteiger partial charge in [0.15, 0.2) is 16.6 Å². The summed E-state index contributed by atoms with van der Waals surface area (Å²) in [7, 11) is 1.36. The second-order valence-corrected chi connectivity index (χ2v) is 6.63. The Morgan fingerprint density at radius 3 is 2.55 bits per heavy atom. The molecule has 0 aliphatic heterocycles. The average molecular weight is 418 g/mol. The first kappa shape index (κ1) is 19.9. The zero-order valence-electron chi connectivity index (χ0n) is 15.2. The molecule has 2 aromatic carbocycles. The molecule has 11 nitrogen and oxygen atoms in total. The van der Waals surface area contributed by atoms with Crippen molar-refractivity contribution in [3.63, 3.8) is 0 Å². The fourth-order valence-electron chi connectivity index (χ4n) is 2.55. The number of carbonyl (C=O) groups excluding carboxylic acids is 1. The summed E-state index contributed by atoms with van der Waals surface area (Å²) in [6.45, 7) is 1.93. The number of anilines is 1. The van der Waals surface area contributed by atoms with Crippen LogP contribution in [0.4, 0.5) is 16.5 Å². The highest BCUT2D eigenvalue weighted by Crippen LogP contribution is 2.36. The Morgan fingerprint density at radius 2 is 1.93 bits per heavy atom. The summed E-state index contributed by atoms with van der Waals surface area (Å²) < 4.78 is 10.8. The van der Waals surface area contributed by atoms with E-state index in [0.717, 1.165) is 17.4 Å². The molecule has 0 fully saturated rings. The molecule has 3 aromatic rings. The van der Waals surface area contributed by atoms with E-state index in [2.05, 4.69) is 10.3 Å². The van der Waals surface area contributed by atoms with Crippen LogP contribution < -0.4 is 14.8 Å². The molecule has 0 spiro atoms. The van der Waals surface area contributed by atoms with Gasteiger partial charge in [0.1, 0.15) is 5.52 Å². The van der Waals surface area contributed by atoms with Gasteiger partial charge in [0.2, 0.25) is 0 Å². The maximum absolute atomic E-state index is 12.5. The van der Waals surface area contributed by atoms with Crippen molar-refractivity contribution in [1.29, 1.82) is 0 Å². The van der Waals surface area contributed by atoms with Gasteiger partial charge in [-0.25, -0.2) is 4.98 Å². The summed E-state index contributed by atoms with van der Waals surface area (Å²) in [6.07, 6.45) is 0. The Balaban J connectivity index is 1.92. The molecule has 0 saturated heterocycles. The summed E-state index contributed by atoms with van der Waals surface area (Å²) in [5.41, 5.74) is -0.104. The van der Waals surface area contributed by atoms with Gasteiger partial charge in [-0.05, 0) is 19.1 Å². The first-order valence-electron chi connectivity index (χ1n) is 8.19. The summed E-state index contributed by atoms with van der Waals surface area (Å²) in [5.74, 6) is -0.364. The summed E-state index contributed by atoms with van der Waals surface area (Å²) in [5, 5.41) is 25.0. The Bertz CT molecular complexity index is 1130. The molecule has 1 heterocycles. The highest BCUT2D eigenvalue weighted by atomic mass is 32.1. The quantitative estimate of drug-likeness (QED) is 0.450. The third-order valence-electron chi connectivity index (χ3n) is 3.81. The molecular formula is C17H14N4O7S. The number of nitro benzene ring substituents is 2. The van der Waals surface area contributed by atoms with Gasteiger partial charge in [-0.1, -0.05) is 11.3 Å². The number of methoxy groups -OCH3 is 1. The maximum Gasteiger partial charge on any atom is 0.311 e. The number of benzene rings is 2. The molecule has 0 unspecified atom stereocenters. The SMILES string of the molecule is CCOc1ccc(C(=O)Nc2nc3c(OC)cc([N+](=O)[O-])cc3s2)cc1[N+](=O)[O-]. The first-order chi connectivity index (χ1) is 13.8. The molecule has 150 valence electrons. The van der Waals surface area contributed by atoms with E-state index in [0.29, 0.717) is 10.2 Å². The number of nitro groups is 2. The molecule has 12 heteroatoms. The second kappa shape index (κ2) is 8.06. The third-order valence-corrected chi connectivity index (χ3v) is 4.73. The van der Waals surface area contributed by atoms with Gasteiger partial charge in [0.05, 0.1) is 34.3 Å². The highest BCUT2D eigenvalue weighted by Gasteiger charge is 2.21. The number of amides is 1. The van der Waals surface area contributed by atoms with Crippen LogP contribution in [0.2, 0.25) is 0 Å². The molecule has 0 saturated carbocycles. The average Bonchev–Trinajstić information content (AvgIpc) is 3.09. The van der Waals surface area contributed by atoms with Crippen LogP contribution in [-0.4, -0.2) is 34.5 Å². The zero-order chi connectivity index (χ0) is 21.1. The van der Waals surface area contributed by atoms with E-state index in [1.807, 2.05) is 0 Å². The Hall–Kier alpha value is -3.80. The Morgan fingerprint density at radius 1 is 1.17 bits per heavy atom. The lowest BCUT2D eigenvalue weighted by Crippen LogP contribution is -2.12. The zero-order valence-corrected chi connectivity index (χ0v) is 16.0. The van der Waals surface area contributed by atoms with Crippen molar-refractivity contribution in [3.8, 4) is 11.5 Å². The van der Waals surface area contributed by atoms with Crippen LogP contribution >= 0.6 is 11.3 Å². The number of hydrogen-bond donors (Lipinski definition) is 1. The molecule has 1 N–H and O–H groups in total. The van der Waals surface area contributed by atoms with E-state index in [4.69, 9.17) is 9.47 Å². The fraction of sp³-hybridized carbons (Fsp3) is 0.176. The number of carbonyl (C=O) groups is 1. The molecular weight excluding hydrogens is 404 g/mol. The molecule has 1 amide bonds. The molecule has 0 aliphatic carbocycles. The molecule has 0 radical (unpaired) electrons. The monoisotopic (exact) mass is 418 g/mol. The van der Waals surface area contributed by atoms with Gasteiger partial charge in [-0.3, -0.25) is 30.3 Å². The molecule has 0 bridgehead atoms. The largest absolute Gasteiger partial charge is 0.494 e. The van der Waals surface area contributed by atoms with Crippen molar-refractivity contribution in [2.75, 3.05) is 19.0 Å². The van der Waals surface area contributed by atoms with Gasteiger partial charge >= 0.3 is 5.69 Å². The molecule has 0 atom stereocenters. The minimum absolute atomic E-state index is 0.0392. The first-order valence-corrected chi connectivity index (χ1v) is 9.01. The molecule has 0 aliphatic rings. The molecule has 3 rings (SSSR count). The van der Waals surface area contributed by atoms with E-state index in [-0.39, 0.29) is 40.2 Å². The van der Waals surface area contributed by atoms with Crippen LogP contribution in [0.3, 0.4) is 0 Å². The minimum atomic E-state index is -0.635. The number of rotatable bonds is 7. The lowest BCUT2D eigenvalue weighted by molar-refractivity contribution is -0.385. The summed E-state index contributed by atoms with van der Waals surface area (Å²) in [6, 6.07) is 6.42. The summed E-state index contributed by atoms with van der Waals surface area (Å²) in [4.78, 5) is 37.8. The maximum atomic E-state index is 12.5. The normalized spacial score (nSPS) is 10.6.